The number of hydrogen-bond donors (Lipinski definition) is 3. The monoisotopic (exact) mass is 562 g/mol. The molecule has 0 atom stereocenters. The van der Waals surface area contributed by atoms with Crippen LogP contribution in [0.2, 0.25) is 0 Å². The van der Waals surface area contributed by atoms with Gasteiger partial charge in [-0.3, -0.25) is 9.59 Å². The highest BCUT2D eigenvalue weighted by Gasteiger charge is 2.54. The summed E-state index contributed by atoms with van der Waals surface area (Å²) in [4.78, 5) is 24.8. The second-order valence-electron chi connectivity index (χ2n) is 12.6. The van der Waals surface area contributed by atoms with Crippen molar-refractivity contribution in [3.63, 3.8) is 0 Å². The zero-order valence-electron chi connectivity index (χ0n) is 23.8. The molecule has 0 aliphatic heterocycles. The molecule has 1 spiro atoms. The molecular formula is C31H38N4O6. The van der Waals surface area contributed by atoms with Crippen molar-refractivity contribution >= 4 is 17.3 Å². The predicted molar refractivity (Wildman–Crippen MR) is 151 cm³/mol. The minimum atomic E-state index is -0.929. The minimum absolute atomic E-state index is 0.00799. The van der Waals surface area contributed by atoms with Gasteiger partial charge in [0.05, 0.1) is 48.2 Å². The first-order valence-corrected chi connectivity index (χ1v) is 14.3. The van der Waals surface area contributed by atoms with Crippen LogP contribution in [0.25, 0.3) is 5.52 Å². The number of nitrogens with one attached hydrogen (secondary N) is 1. The number of methoxy groups -OCH3 is 1. The van der Waals surface area contributed by atoms with Gasteiger partial charge >= 0.3 is 0 Å². The summed E-state index contributed by atoms with van der Waals surface area (Å²) in [7, 11) is 1.57. The Morgan fingerprint density at radius 2 is 1.90 bits per heavy atom. The maximum atomic E-state index is 13.0. The fourth-order valence-corrected chi connectivity index (χ4v) is 6.32. The van der Waals surface area contributed by atoms with Crippen LogP contribution in [-0.4, -0.2) is 58.0 Å². The van der Waals surface area contributed by atoms with Crippen molar-refractivity contribution in [2.24, 2.45) is 11.1 Å². The SMILES string of the molecule is COc1ccc(C(N)=O)c(OC2CC3(CC(NC(=O)Cc4cnn5c(C6CC6)c(OCC(C)(C)O)ccc45)C3)C2)c1. The molecule has 2 aromatic heterocycles. The van der Waals surface area contributed by atoms with Crippen molar-refractivity contribution < 1.29 is 28.9 Å². The standard InChI is InChI=1S/C31H38N4O6/c1-30(2,38)17-40-25-9-8-24-19(16-33-35(24)28(25)18-4-5-18)10-27(36)34-20-12-31(13-20)14-22(15-31)41-26-11-21(39-3)6-7-23(26)29(32)37/h6-9,11,16,18,20,22,38H,4-5,10,12-15,17H2,1-3H3,(H2,32,37)(H,34,36). The first kappa shape index (κ1) is 27.4. The molecule has 4 N–H and O–H groups in total. The lowest BCUT2D eigenvalue weighted by molar-refractivity contribution is -0.126. The van der Waals surface area contributed by atoms with E-state index in [0.717, 1.165) is 61.0 Å². The van der Waals surface area contributed by atoms with E-state index < -0.39 is 11.5 Å². The minimum Gasteiger partial charge on any atom is -0.497 e. The van der Waals surface area contributed by atoms with Gasteiger partial charge in [-0.05, 0) is 82.1 Å². The quantitative estimate of drug-likeness (QED) is 0.325. The van der Waals surface area contributed by atoms with Crippen molar-refractivity contribution in [1.82, 2.24) is 14.9 Å². The van der Waals surface area contributed by atoms with Crippen LogP contribution in [0.5, 0.6) is 17.2 Å². The second-order valence-corrected chi connectivity index (χ2v) is 12.6. The number of aliphatic hydroxyl groups is 1. The average Bonchev–Trinajstić information content (AvgIpc) is 3.64. The Kier molecular flexibility index (Phi) is 6.84. The number of fused-ring (bicyclic) bond motifs is 1. The van der Waals surface area contributed by atoms with E-state index in [0.29, 0.717) is 23.0 Å². The van der Waals surface area contributed by atoms with Gasteiger partial charge in [-0.1, -0.05) is 0 Å². The smallest absolute Gasteiger partial charge is 0.252 e. The molecule has 41 heavy (non-hydrogen) atoms. The first-order chi connectivity index (χ1) is 19.5. The topological polar surface area (TPSA) is 137 Å². The van der Waals surface area contributed by atoms with Crippen LogP contribution in [0.1, 0.15) is 79.9 Å². The number of aromatic nitrogens is 2. The summed E-state index contributed by atoms with van der Waals surface area (Å²) >= 11 is 0. The number of primary amides is 1. The van der Waals surface area contributed by atoms with E-state index >= 15 is 0 Å². The number of carbonyl (C=O) groups is 2. The van der Waals surface area contributed by atoms with E-state index in [1.54, 1.807) is 45.4 Å². The molecule has 3 fully saturated rings. The highest BCUT2D eigenvalue weighted by Crippen LogP contribution is 2.57. The molecule has 1 aromatic carbocycles. The van der Waals surface area contributed by atoms with Crippen LogP contribution in [0.15, 0.2) is 36.5 Å². The summed E-state index contributed by atoms with van der Waals surface area (Å²) < 4.78 is 19.2. The van der Waals surface area contributed by atoms with Gasteiger partial charge in [-0.2, -0.15) is 5.10 Å². The van der Waals surface area contributed by atoms with Crippen molar-refractivity contribution in [3.8, 4) is 17.2 Å². The molecule has 3 aromatic rings. The van der Waals surface area contributed by atoms with Crippen LogP contribution in [0.4, 0.5) is 0 Å². The molecule has 10 nitrogen and oxygen atoms in total. The summed E-state index contributed by atoms with van der Waals surface area (Å²) in [5.74, 6) is 1.64. The third-order valence-corrected chi connectivity index (χ3v) is 8.45. The number of ether oxygens (including phenoxy) is 3. The van der Waals surface area contributed by atoms with E-state index in [2.05, 4.69) is 10.4 Å². The van der Waals surface area contributed by atoms with E-state index in [1.165, 1.54) is 0 Å². The molecule has 3 aliphatic carbocycles. The highest BCUT2D eigenvalue weighted by atomic mass is 16.5. The molecule has 3 saturated carbocycles. The van der Waals surface area contributed by atoms with Gasteiger partial charge in [0.2, 0.25) is 5.91 Å². The Morgan fingerprint density at radius 1 is 1.15 bits per heavy atom. The lowest BCUT2D eigenvalue weighted by Gasteiger charge is -2.57. The Balaban J connectivity index is 1.03. The number of benzene rings is 1. The molecule has 0 bridgehead atoms. The number of rotatable bonds is 11. The molecule has 2 amide bonds. The number of pyridine rings is 1. The number of carbonyl (C=O) groups excluding carboxylic acids is 2. The molecule has 10 heteroatoms. The number of nitrogens with zero attached hydrogens (tertiary/aromatic N) is 2. The van der Waals surface area contributed by atoms with Crippen LogP contribution in [-0.2, 0) is 11.2 Å². The zero-order chi connectivity index (χ0) is 28.9. The normalized spacial score (nSPS) is 23.5. The summed E-state index contributed by atoms with van der Waals surface area (Å²) in [6, 6.07) is 9.04. The van der Waals surface area contributed by atoms with Crippen LogP contribution < -0.4 is 25.3 Å². The number of nitrogens with two attached hydrogens (primary N) is 1. The van der Waals surface area contributed by atoms with Gasteiger partial charge in [0, 0.05) is 23.6 Å². The van der Waals surface area contributed by atoms with Crippen molar-refractivity contribution in [2.75, 3.05) is 13.7 Å². The van der Waals surface area contributed by atoms with E-state index in [4.69, 9.17) is 19.9 Å². The summed E-state index contributed by atoms with van der Waals surface area (Å²) in [5, 5.41) is 17.9. The third-order valence-electron chi connectivity index (χ3n) is 8.45. The van der Waals surface area contributed by atoms with Crippen LogP contribution >= 0.6 is 0 Å². The van der Waals surface area contributed by atoms with Gasteiger partial charge < -0.3 is 30.4 Å². The van der Waals surface area contributed by atoms with Crippen molar-refractivity contribution in [3.05, 3.63) is 53.3 Å². The number of hydrogen-bond acceptors (Lipinski definition) is 7. The maximum absolute atomic E-state index is 13.0. The maximum Gasteiger partial charge on any atom is 0.252 e. The van der Waals surface area contributed by atoms with Gasteiger partial charge in [-0.25, -0.2) is 4.52 Å². The molecule has 0 saturated heterocycles. The predicted octanol–water partition coefficient (Wildman–Crippen LogP) is 3.52. The molecule has 0 unspecified atom stereocenters. The third kappa shape index (κ3) is 5.70. The first-order valence-electron chi connectivity index (χ1n) is 14.3. The molecular weight excluding hydrogens is 524 g/mol. The van der Waals surface area contributed by atoms with Gasteiger partial charge in [-0.15, -0.1) is 0 Å². The highest BCUT2D eigenvalue weighted by molar-refractivity contribution is 5.95. The zero-order valence-corrected chi connectivity index (χ0v) is 23.8. The summed E-state index contributed by atoms with van der Waals surface area (Å²) in [5.41, 5.74) is 7.91. The molecule has 3 aliphatic rings. The summed E-state index contributed by atoms with van der Waals surface area (Å²) in [6.45, 7) is 3.63. The molecule has 2 heterocycles. The number of amides is 2. The Bertz CT molecular complexity index is 1470. The van der Waals surface area contributed by atoms with E-state index in [-0.39, 0.29) is 36.5 Å². The lowest BCUT2D eigenvalue weighted by Crippen LogP contribution is -2.59. The fourth-order valence-electron chi connectivity index (χ4n) is 6.32. The van der Waals surface area contributed by atoms with Crippen LogP contribution in [0, 0.1) is 5.41 Å². The van der Waals surface area contributed by atoms with Gasteiger partial charge in [0.1, 0.15) is 23.9 Å². The van der Waals surface area contributed by atoms with E-state index in [9.17, 15) is 14.7 Å². The molecule has 6 rings (SSSR count). The largest absolute Gasteiger partial charge is 0.497 e. The molecule has 218 valence electrons. The van der Waals surface area contributed by atoms with Crippen LogP contribution in [0.3, 0.4) is 0 Å². The Labute approximate surface area is 239 Å². The van der Waals surface area contributed by atoms with E-state index in [1.807, 2.05) is 16.6 Å². The molecule has 0 radical (unpaired) electrons. The van der Waals surface area contributed by atoms with Gasteiger partial charge in [0.15, 0.2) is 0 Å². The van der Waals surface area contributed by atoms with Crippen molar-refractivity contribution in [1.29, 1.82) is 0 Å². The van der Waals surface area contributed by atoms with Crippen molar-refractivity contribution in [2.45, 2.75) is 82.5 Å². The lowest BCUT2D eigenvalue weighted by atomic mass is 9.53. The fraction of sp³-hybridized carbons (Fsp3) is 0.516. The summed E-state index contributed by atoms with van der Waals surface area (Å²) in [6.07, 6.45) is 7.80. The Morgan fingerprint density at radius 3 is 2.56 bits per heavy atom. The second kappa shape index (κ2) is 10.2. The average molecular weight is 563 g/mol. The Hall–Kier alpha value is -3.79. The van der Waals surface area contributed by atoms with Gasteiger partial charge in [0.25, 0.3) is 5.91 Å².